The fourth-order valence-corrected chi connectivity index (χ4v) is 2.10. The summed E-state index contributed by atoms with van der Waals surface area (Å²) in [6.07, 6.45) is -0.904. The van der Waals surface area contributed by atoms with Crippen LogP contribution in [0.4, 0.5) is 13.2 Å². The first-order valence-electron chi connectivity index (χ1n) is 5.24. The molecule has 0 atom stereocenters. The zero-order valence-electron chi connectivity index (χ0n) is 9.85. The van der Waals surface area contributed by atoms with Crippen molar-refractivity contribution in [2.24, 2.45) is 5.73 Å². The van der Waals surface area contributed by atoms with Crippen LogP contribution in [0.2, 0.25) is 0 Å². The number of alkyl halides is 3. The maximum atomic E-state index is 12.4. The molecule has 0 aromatic carbocycles. The first kappa shape index (κ1) is 14.3. The third-order valence-electron chi connectivity index (χ3n) is 2.18. The van der Waals surface area contributed by atoms with Crippen molar-refractivity contribution >= 4 is 17.6 Å². The molecule has 0 amide bonds. The van der Waals surface area contributed by atoms with Crippen molar-refractivity contribution in [2.45, 2.75) is 16.2 Å². The second-order valence-electron chi connectivity index (χ2n) is 3.61. The minimum Gasteiger partial charge on any atom is -0.382 e. The van der Waals surface area contributed by atoms with Crippen molar-refractivity contribution in [3.8, 4) is 0 Å². The number of hydrogen-bond donors (Lipinski definition) is 2. The Kier molecular flexibility index (Phi) is 3.89. The normalized spacial score (nSPS) is 11.3. The number of aromatic nitrogens is 3. The van der Waals surface area contributed by atoms with Gasteiger partial charge in [0.05, 0.1) is 5.56 Å². The summed E-state index contributed by atoms with van der Waals surface area (Å²) in [6.45, 7) is 0. The molecule has 0 unspecified atom stereocenters. The van der Waals surface area contributed by atoms with Crippen molar-refractivity contribution in [2.75, 3.05) is 0 Å². The Bertz CT molecular complexity index is 627. The number of hydrogen-bond acceptors (Lipinski definition) is 5. The Hall–Kier alpha value is -2.16. The van der Waals surface area contributed by atoms with Gasteiger partial charge in [0.1, 0.15) is 21.6 Å². The average Bonchev–Trinajstić information content (AvgIpc) is 2.38. The molecule has 0 aliphatic heterocycles. The Balaban J connectivity index is 2.25. The van der Waals surface area contributed by atoms with E-state index in [1.165, 1.54) is 18.5 Å². The summed E-state index contributed by atoms with van der Waals surface area (Å²) in [5.74, 6) is -0.271. The lowest BCUT2D eigenvalue weighted by molar-refractivity contribution is -0.137. The van der Waals surface area contributed by atoms with E-state index in [2.05, 4.69) is 15.0 Å². The zero-order valence-corrected chi connectivity index (χ0v) is 10.7. The molecule has 2 heterocycles. The van der Waals surface area contributed by atoms with Crippen molar-refractivity contribution in [3.05, 3.63) is 42.0 Å². The van der Waals surface area contributed by atoms with Crippen LogP contribution in [0.5, 0.6) is 0 Å². The van der Waals surface area contributed by atoms with Crippen LogP contribution in [0.1, 0.15) is 11.3 Å². The van der Waals surface area contributed by atoms with Crippen molar-refractivity contribution < 1.29 is 13.2 Å². The first-order valence-corrected chi connectivity index (χ1v) is 6.06. The van der Waals surface area contributed by atoms with Crippen LogP contribution in [0.15, 0.2) is 40.8 Å². The molecule has 0 saturated heterocycles. The highest BCUT2D eigenvalue weighted by Gasteiger charge is 2.30. The Morgan fingerprint density at radius 1 is 1.15 bits per heavy atom. The van der Waals surface area contributed by atoms with Crippen molar-refractivity contribution in [3.63, 3.8) is 0 Å². The molecule has 0 fully saturated rings. The van der Waals surface area contributed by atoms with Gasteiger partial charge in [-0.25, -0.2) is 15.0 Å². The van der Waals surface area contributed by atoms with E-state index in [0.717, 1.165) is 24.0 Å². The van der Waals surface area contributed by atoms with E-state index in [4.69, 9.17) is 11.1 Å². The van der Waals surface area contributed by atoms with Gasteiger partial charge in [-0.05, 0) is 23.9 Å². The molecule has 2 aromatic heterocycles. The summed E-state index contributed by atoms with van der Waals surface area (Å²) in [4.78, 5) is 11.6. The van der Waals surface area contributed by atoms with Crippen LogP contribution in [-0.2, 0) is 6.18 Å². The van der Waals surface area contributed by atoms with Crippen LogP contribution < -0.4 is 5.73 Å². The van der Waals surface area contributed by atoms with Gasteiger partial charge in [0, 0.05) is 18.6 Å². The molecule has 5 nitrogen and oxygen atoms in total. The maximum absolute atomic E-state index is 12.4. The molecule has 0 aliphatic carbocycles. The Morgan fingerprint density at radius 3 is 2.40 bits per heavy atom. The maximum Gasteiger partial charge on any atom is 0.417 e. The van der Waals surface area contributed by atoms with Gasteiger partial charge >= 0.3 is 6.18 Å². The van der Waals surface area contributed by atoms with Gasteiger partial charge in [0.2, 0.25) is 0 Å². The number of nitrogens with two attached hydrogens (primary N) is 1. The SMILES string of the molecule is N=C(N)c1nccnc1Sc1ccc(C(F)(F)F)cn1. The van der Waals surface area contributed by atoms with Crippen LogP contribution in [0, 0.1) is 5.41 Å². The highest BCUT2D eigenvalue weighted by atomic mass is 32.2. The van der Waals surface area contributed by atoms with Crippen LogP contribution in [0.25, 0.3) is 0 Å². The van der Waals surface area contributed by atoms with Gasteiger partial charge in [-0.3, -0.25) is 5.41 Å². The highest BCUT2D eigenvalue weighted by molar-refractivity contribution is 7.99. The largest absolute Gasteiger partial charge is 0.417 e. The van der Waals surface area contributed by atoms with E-state index in [-0.39, 0.29) is 11.5 Å². The number of pyridine rings is 1. The molecule has 0 radical (unpaired) electrons. The molecule has 0 spiro atoms. The third-order valence-corrected chi connectivity index (χ3v) is 3.13. The summed E-state index contributed by atoms with van der Waals surface area (Å²) in [6, 6.07) is 2.16. The Labute approximate surface area is 116 Å². The third kappa shape index (κ3) is 3.23. The summed E-state index contributed by atoms with van der Waals surface area (Å²) >= 11 is 0.989. The van der Waals surface area contributed by atoms with Crippen molar-refractivity contribution in [1.29, 1.82) is 5.41 Å². The van der Waals surface area contributed by atoms with E-state index in [9.17, 15) is 13.2 Å². The molecular weight excluding hydrogens is 291 g/mol. The lowest BCUT2D eigenvalue weighted by Gasteiger charge is -2.07. The van der Waals surface area contributed by atoms with Gasteiger partial charge in [0.15, 0.2) is 0 Å². The van der Waals surface area contributed by atoms with E-state index in [0.29, 0.717) is 10.1 Å². The molecule has 3 N–H and O–H groups in total. The predicted octanol–water partition coefficient (Wildman–Crippen LogP) is 2.33. The fraction of sp³-hybridized carbons (Fsp3) is 0.0909. The summed E-state index contributed by atoms with van der Waals surface area (Å²) in [7, 11) is 0. The molecule has 2 rings (SSSR count). The van der Waals surface area contributed by atoms with Gasteiger partial charge in [-0.2, -0.15) is 13.2 Å². The minimum atomic E-state index is -4.42. The van der Waals surface area contributed by atoms with Gasteiger partial charge in [-0.1, -0.05) is 0 Å². The molecule has 104 valence electrons. The quantitative estimate of drug-likeness (QED) is 0.670. The van der Waals surface area contributed by atoms with Gasteiger partial charge in [0.25, 0.3) is 0 Å². The molecule has 0 bridgehead atoms. The lowest BCUT2D eigenvalue weighted by atomic mass is 10.3. The summed E-state index contributed by atoms with van der Waals surface area (Å²) in [5.41, 5.74) is 4.69. The van der Waals surface area contributed by atoms with Gasteiger partial charge < -0.3 is 5.73 Å². The number of halogens is 3. The number of rotatable bonds is 3. The topological polar surface area (TPSA) is 88.5 Å². The first-order chi connectivity index (χ1) is 9.38. The molecule has 9 heteroatoms. The Morgan fingerprint density at radius 2 is 1.85 bits per heavy atom. The van der Waals surface area contributed by atoms with Crippen LogP contribution in [0.3, 0.4) is 0 Å². The predicted molar refractivity (Wildman–Crippen MR) is 66.4 cm³/mol. The molecule has 2 aromatic rings. The van der Waals surface area contributed by atoms with E-state index in [1.807, 2.05) is 0 Å². The number of nitrogens with zero attached hydrogens (tertiary/aromatic N) is 3. The second kappa shape index (κ2) is 5.45. The van der Waals surface area contributed by atoms with Gasteiger partial charge in [-0.15, -0.1) is 0 Å². The van der Waals surface area contributed by atoms with Crippen LogP contribution >= 0.6 is 11.8 Å². The number of amidine groups is 1. The summed E-state index contributed by atoms with van der Waals surface area (Å²) < 4.78 is 37.2. The highest BCUT2D eigenvalue weighted by Crippen LogP contribution is 2.31. The fourth-order valence-electron chi connectivity index (χ4n) is 1.29. The molecule has 0 aliphatic rings. The second-order valence-corrected chi connectivity index (χ2v) is 4.62. The van der Waals surface area contributed by atoms with E-state index in [1.54, 1.807) is 0 Å². The molecule has 20 heavy (non-hydrogen) atoms. The van der Waals surface area contributed by atoms with Crippen LogP contribution in [-0.4, -0.2) is 20.8 Å². The van der Waals surface area contributed by atoms with Crippen molar-refractivity contribution in [1.82, 2.24) is 15.0 Å². The minimum absolute atomic E-state index is 0.166. The number of nitrogens with one attached hydrogen (secondary N) is 1. The summed E-state index contributed by atoms with van der Waals surface area (Å²) in [5, 5.41) is 7.97. The average molecular weight is 299 g/mol. The smallest absolute Gasteiger partial charge is 0.382 e. The molecular formula is C11H8F3N5S. The zero-order chi connectivity index (χ0) is 14.8. The van der Waals surface area contributed by atoms with E-state index < -0.39 is 11.7 Å². The lowest BCUT2D eigenvalue weighted by Crippen LogP contribution is -2.15. The monoisotopic (exact) mass is 299 g/mol. The van der Waals surface area contributed by atoms with E-state index >= 15 is 0 Å². The standard InChI is InChI=1S/C11H8F3N5S/c12-11(13,14)6-1-2-7(19-5-6)20-10-8(9(15)16)17-3-4-18-10/h1-5H,(H3,15,16). The molecule has 0 saturated carbocycles. The number of nitrogen functional groups attached to an aromatic ring is 1.